The molecule has 1 heterocycles. The van der Waals surface area contributed by atoms with Gasteiger partial charge in [-0.3, -0.25) is 14.5 Å². The lowest BCUT2D eigenvalue weighted by atomic mass is 10.2. The minimum Gasteiger partial charge on any atom is -0.495 e. The molecule has 156 valence electrons. The topological polar surface area (TPSA) is 97.4 Å². The lowest BCUT2D eigenvalue weighted by Gasteiger charge is -2.13. The number of sulfonamides is 1. The number of anilines is 1. The first kappa shape index (κ1) is 21.5. The third-order valence-electron chi connectivity index (χ3n) is 4.08. The Kier molecular flexibility index (Phi) is 6.53. The minimum atomic E-state index is -4.11. The number of hydrogen-bond donors (Lipinski definition) is 2. The van der Waals surface area contributed by atoms with Crippen LogP contribution in [0.2, 0.25) is 5.02 Å². The SMILES string of the molecule is COc1cncc(NS(=O)(=O)c2ccccc2C(=O)NCc2ccc(Cl)cc2F)c1. The van der Waals surface area contributed by atoms with E-state index in [2.05, 4.69) is 15.0 Å². The van der Waals surface area contributed by atoms with Crippen LogP contribution in [0.15, 0.2) is 65.8 Å². The Hall–Kier alpha value is -3.17. The zero-order valence-electron chi connectivity index (χ0n) is 15.7. The molecule has 0 aliphatic rings. The number of aromatic nitrogens is 1. The van der Waals surface area contributed by atoms with Crippen molar-refractivity contribution < 1.29 is 22.3 Å². The van der Waals surface area contributed by atoms with Crippen molar-refractivity contribution in [3.8, 4) is 5.75 Å². The van der Waals surface area contributed by atoms with Crippen molar-refractivity contribution >= 4 is 33.2 Å². The van der Waals surface area contributed by atoms with Crippen LogP contribution >= 0.6 is 11.6 Å². The molecule has 0 fully saturated rings. The van der Waals surface area contributed by atoms with Crippen LogP contribution in [-0.2, 0) is 16.6 Å². The molecule has 3 rings (SSSR count). The van der Waals surface area contributed by atoms with Gasteiger partial charge in [0.1, 0.15) is 16.5 Å². The zero-order chi connectivity index (χ0) is 21.7. The van der Waals surface area contributed by atoms with E-state index in [-0.39, 0.29) is 33.3 Å². The second kappa shape index (κ2) is 9.10. The maximum Gasteiger partial charge on any atom is 0.262 e. The number of carbonyl (C=O) groups excluding carboxylic acids is 1. The number of halogens is 2. The molecule has 1 amide bonds. The van der Waals surface area contributed by atoms with Crippen LogP contribution in [0, 0.1) is 5.82 Å². The number of carbonyl (C=O) groups is 1. The van der Waals surface area contributed by atoms with Crippen molar-refractivity contribution in [2.75, 3.05) is 11.8 Å². The van der Waals surface area contributed by atoms with E-state index in [1.807, 2.05) is 0 Å². The fraction of sp³-hybridized carbons (Fsp3) is 0.100. The van der Waals surface area contributed by atoms with Crippen molar-refractivity contribution in [2.24, 2.45) is 0 Å². The highest BCUT2D eigenvalue weighted by atomic mass is 35.5. The Morgan fingerprint density at radius 3 is 2.67 bits per heavy atom. The molecule has 10 heteroatoms. The van der Waals surface area contributed by atoms with Gasteiger partial charge in [-0.05, 0) is 24.3 Å². The first-order chi connectivity index (χ1) is 14.3. The van der Waals surface area contributed by atoms with Gasteiger partial charge in [-0.2, -0.15) is 0 Å². The highest BCUT2D eigenvalue weighted by Crippen LogP contribution is 2.22. The fourth-order valence-electron chi connectivity index (χ4n) is 2.62. The molecule has 0 saturated heterocycles. The zero-order valence-corrected chi connectivity index (χ0v) is 17.3. The molecule has 2 aromatic carbocycles. The Morgan fingerprint density at radius 2 is 1.93 bits per heavy atom. The summed E-state index contributed by atoms with van der Waals surface area (Å²) in [5.74, 6) is -0.879. The molecule has 7 nitrogen and oxygen atoms in total. The number of benzene rings is 2. The molecular formula is C20H17ClFN3O4S. The first-order valence-corrected chi connectivity index (χ1v) is 10.5. The van der Waals surface area contributed by atoms with Gasteiger partial charge in [0, 0.05) is 23.2 Å². The van der Waals surface area contributed by atoms with E-state index in [1.54, 1.807) is 0 Å². The molecule has 30 heavy (non-hydrogen) atoms. The molecule has 0 aliphatic heterocycles. The van der Waals surface area contributed by atoms with Crippen LogP contribution in [0.4, 0.5) is 10.1 Å². The van der Waals surface area contributed by atoms with E-state index in [4.69, 9.17) is 16.3 Å². The quantitative estimate of drug-likeness (QED) is 0.574. The van der Waals surface area contributed by atoms with E-state index < -0.39 is 21.7 Å². The number of hydrogen-bond acceptors (Lipinski definition) is 5. The molecule has 0 bridgehead atoms. The van der Waals surface area contributed by atoms with Crippen LogP contribution in [0.5, 0.6) is 5.75 Å². The molecule has 0 aliphatic carbocycles. The van der Waals surface area contributed by atoms with Crippen molar-refractivity contribution in [3.63, 3.8) is 0 Å². The molecule has 0 unspecified atom stereocenters. The van der Waals surface area contributed by atoms with Gasteiger partial charge in [0.15, 0.2) is 0 Å². The molecule has 0 saturated carbocycles. The number of pyridine rings is 1. The maximum atomic E-state index is 13.9. The number of nitrogens with zero attached hydrogens (tertiary/aromatic N) is 1. The Bertz CT molecular complexity index is 1190. The number of amides is 1. The summed E-state index contributed by atoms with van der Waals surface area (Å²) in [6.45, 7) is -0.135. The van der Waals surface area contributed by atoms with Gasteiger partial charge in [-0.25, -0.2) is 12.8 Å². The third-order valence-corrected chi connectivity index (χ3v) is 5.75. The molecule has 0 atom stereocenters. The highest BCUT2D eigenvalue weighted by Gasteiger charge is 2.22. The predicted octanol–water partition coefficient (Wildman–Crippen LogP) is 3.61. The molecular weight excluding hydrogens is 433 g/mol. The van der Waals surface area contributed by atoms with E-state index in [9.17, 15) is 17.6 Å². The van der Waals surface area contributed by atoms with E-state index in [1.165, 1.54) is 62.0 Å². The van der Waals surface area contributed by atoms with Crippen LogP contribution in [0.25, 0.3) is 0 Å². The van der Waals surface area contributed by atoms with Crippen molar-refractivity contribution in [3.05, 3.63) is 82.9 Å². The number of nitrogens with one attached hydrogen (secondary N) is 2. The van der Waals surface area contributed by atoms with E-state index >= 15 is 0 Å². The summed E-state index contributed by atoms with van der Waals surface area (Å²) in [6.07, 6.45) is 2.74. The van der Waals surface area contributed by atoms with Crippen molar-refractivity contribution in [1.82, 2.24) is 10.3 Å². The highest BCUT2D eigenvalue weighted by molar-refractivity contribution is 7.92. The molecule has 0 spiro atoms. The summed E-state index contributed by atoms with van der Waals surface area (Å²) in [5, 5.41) is 2.76. The van der Waals surface area contributed by atoms with Gasteiger partial charge >= 0.3 is 0 Å². The van der Waals surface area contributed by atoms with Gasteiger partial charge < -0.3 is 10.1 Å². The maximum absolute atomic E-state index is 13.9. The lowest BCUT2D eigenvalue weighted by Crippen LogP contribution is -2.26. The van der Waals surface area contributed by atoms with E-state index in [0.717, 1.165) is 6.07 Å². The van der Waals surface area contributed by atoms with Gasteiger partial charge in [0.2, 0.25) is 0 Å². The smallest absolute Gasteiger partial charge is 0.262 e. The number of rotatable bonds is 7. The Morgan fingerprint density at radius 1 is 1.17 bits per heavy atom. The molecule has 0 radical (unpaired) electrons. The minimum absolute atomic E-state index is 0.0878. The average molecular weight is 450 g/mol. The monoisotopic (exact) mass is 449 g/mol. The van der Waals surface area contributed by atoms with Crippen LogP contribution < -0.4 is 14.8 Å². The first-order valence-electron chi connectivity index (χ1n) is 8.63. The summed E-state index contributed by atoms with van der Waals surface area (Å²) in [7, 11) is -2.68. The number of methoxy groups -OCH3 is 1. The van der Waals surface area contributed by atoms with E-state index in [0.29, 0.717) is 5.75 Å². The second-order valence-corrected chi connectivity index (χ2v) is 8.22. The summed E-state index contributed by atoms with van der Waals surface area (Å²) in [4.78, 5) is 16.3. The van der Waals surface area contributed by atoms with Gasteiger partial charge in [0.25, 0.3) is 15.9 Å². The lowest BCUT2D eigenvalue weighted by molar-refractivity contribution is 0.0947. The van der Waals surface area contributed by atoms with Gasteiger partial charge in [-0.15, -0.1) is 0 Å². The molecule has 2 N–H and O–H groups in total. The predicted molar refractivity (Wildman–Crippen MR) is 111 cm³/mol. The molecule has 1 aromatic heterocycles. The summed E-state index contributed by atoms with van der Waals surface area (Å²) >= 11 is 5.72. The summed E-state index contributed by atoms with van der Waals surface area (Å²) < 4.78 is 47.0. The standard InChI is InChI=1S/C20H17ClFN3O4S/c1-29-16-9-15(11-23-12-16)25-30(27,28)19-5-3-2-4-17(19)20(26)24-10-13-6-7-14(21)8-18(13)22/h2-9,11-12,25H,10H2,1H3,(H,24,26). The van der Waals surface area contributed by atoms with Crippen molar-refractivity contribution in [2.45, 2.75) is 11.4 Å². The molecule has 3 aromatic rings. The normalized spacial score (nSPS) is 11.0. The average Bonchev–Trinajstić information content (AvgIpc) is 2.72. The fourth-order valence-corrected chi connectivity index (χ4v) is 4.02. The number of ether oxygens (including phenoxy) is 1. The summed E-state index contributed by atoms with van der Waals surface area (Å²) in [5.41, 5.74) is 0.302. The van der Waals surface area contributed by atoms with Gasteiger partial charge in [0.05, 0.1) is 30.8 Å². The van der Waals surface area contributed by atoms with Crippen LogP contribution in [0.1, 0.15) is 15.9 Å². The van der Waals surface area contributed by atoms with Crippen LogP contribution in [0.3, 0.4) is 0 Å². The van der Waals surface area contributed by atoms with Crippen molar-refractivity contribution in [1.29, 1.82) is 0 Å². The summed E-state index contributed by atoms with van der Waals surface area (Å²) in [6, 6.07) is 11.2. The largest absolute Gasteiger partial charge is 0.495 e. The Balaban J connectivity index is 1.82. The second-order valence-electron chi connectivity index (χ2n) is 6.13. The van der Waals surface area contributed by atoms with Gasteiger partial charge in [-0.1, -0.05) is 29.8 Å². The van der Waals surface area contributed by atoms with Crippen LogP contribution in [-0.4, -0.2) is 26.4 Å². The Labute approximate surface area is 177 Å². The third kappa shape index (κ3) is 5.05.